The number of hydrogen-bond acceptors (Lipinski definition) is 4. The van der Waals surface area contributed by atoms with Crippen LogP contribution in [0.25, 0.3) is 0 Å². The van der Waals surface area contributed by atoms with Crippen molar-refractivity contribution in [3.63, 3.8) is 0 Å². The third-order valence-electron chi connectivity index (χ3n) is 4.46. The zero-order valence-corrected chi connectivity index (χ0v) is 14.9. The number of likely N-dealkylation sites (tertiary alicyclic amines) is 1. The molecule has 1 aromatic heterocycles. The van der Waals surface area contributed by atoms with E-state index in [0.29, 0.717) is 24.8 Å². The van der Waals surface area contributed by atoms with Crippen molar-refractivity contribution in [1.29, 1.82) is 0 Å². The molecule has 1 atom stereocenters. The number of rotatable bonds is 3. The van der Waals surface area contributed by atoms with Crippen LogP contribution in [0, 0.1) is 12.7 Å². The fourth-order valence-corrected chi connectivity index (χ4v) is 3.14. The lowest BCUT2D eigenvalue weighted by Crippen LogP contribution is -2.44. The number of aromatic nitrogens is 2. The van der Waals surface area contributed by atoms with Gasteiger partial charge >= 0.3 is 6.03 Å². The maximum absolute atomic E-state index is 13.2. The average Bonchev–Trinajstić information content (AvgIpc) is 3.04. The minimum atomic E-state index is -0.470. The molecule has 1 aliphatic rings. The number of aryl methyl sites for hydroxylation is 1. The quantitative estimate of drug-likeness (QED) is 0.896. The molecule has 0 saturated carbocycles. The number of urea groups is 1. The van der Waals surface area contributed by atoms with E-state index in [-0.39, 0.29) is 23.0 Å². The molecule has 0 radical (unpaired) electrons. The Hall–Kier alpha value is -2.15. The van der Waals surface area contributed by atoms with E-state index in [4.69, 9.17) is 16.1 Å². The van der Waals surface area contributed by atoms with Crippen LogP contribution in [-0.4, -0.2) is 34.2 Å². The SMILES string of the molecule is Cc1noc(C2CCN(C(=O)NC(C)c3ccc(F)c(Cl)c3)CC2)n1. The highest BCUT2D eigenvalue weighted by atomic mass is 35.5. The van der Waals surface area contributed by atoms with Crippen LogP contribution in [0.1, 0.15) is 49.0 Å². The summed E-state index contributed by atoms with van der Waals surface area (Å²) in [5.41, 5.74) is 0.760. The van der Waals surface area contributed by atoms with Gasteiger partial charge in [-0.2, -0.15) is 4.98 Å². The molecule has 1 aliphatic heterocycles. The molecule has 2 aromatic rings. The van der Waals surface area contributed by atoms with Gasteiger partial charge in [-0.15, -0.1) is 0 Å². The molecule has 1 saturated heterocycles. The molecule has 134 valence electrons. The summed E-state index contributed by atoms with van der Waals surface area (Å²) in [6.07, 6.45) is 1.57. The number of nitrogens with one attached hydrogen (secondary N) is 1. The third kappa shape index (κ3) is 4.10. The Kier molecular flexibility index (Phi) is 5.22. The van der Waals surface area contributed by atoms with Gasteiger partial charge in [0.25, 0.3) is 0 Å². The van der Waals surface area contributed by atoms with Crippen LogP contribution < -0.4 is 5.32 Å². The summed E-state index contributed by atoms with van der Waals surface area (Å²) in [4.78, 5) is 18.5. The zero-order chi connectivity index (χ0) is 18.0. The Balaban J connectivity index is 1.54. The Morgan fingerprint density at radius 3 is 2.76 bits per heavy atom. The summed E-state index contributed by atoms with van der Waals surface area (Å²) in [5, 5.41) is 6.79. The number of amides is 2. The lowest BCUT2D eigenvalue weighted by Gasteiger charge is -2.31. The van der Waals surface area contributed by atoms with Gasteiger partial charge in [0.15, 0.2) is 5.82 Å². The van der Waals surface area contributed by atoms with Gasteiger partial charge in [-0.1, -0.05) is 22.8 Å². The first-order valence-corrected chi connectivity index (χ1v) is 8.62. The van der Waals surface area contributed by atoms with E-state index in [2.05, 4.69) is 15.5 Å². The van der Waals surface area contributed by atoms with Gasteiger partial charge in [-0.25, -0.2) is 9.18 Å². The van der Waals surface area contributed by atoms with E-state index in [0.717, 1.165) is 18.4 Å². The topological polar surface area (TPSA) is 71.3 Å². The molecule has 1 unspecified atom stereocenters. The molecular formula is C17H20ClFN4O2. The van der Waals surface area contributed by atoms with Crippen LogP contribution in [0.2, 0.25) is 5.02 Å². The molecule has 0 aliphatic carbocycles. The highest BCUT2D eigenvalue weighted by molar-refractivity contribution is 6.30. The van der Waals surface area contributed by atoms with E-state index in [1.165, 1.54) is 12.1 Å². The largest absolute Gasteiger partial charge is 0.339 e. The van der Waals surface area contributed by atoms with E-state index in [1.807, 2.05) is 6.92 Å². The van der Waals surface area contributed by atoms with E-state index < -0.39 is 5.82 Å². The summed E-state index contributed by atoms with van der Waals surface area (Å²) < 4.78 is 18.5. The molecule has 1 aromatic carbocycles. The predicted octanol–water partition coefficient (Wildman–Crippen LogP) is 3.82. The van der Waals surface area contributed by atoms with Crippen molar-refractivity contribution >= 4 is 17.6 Å². The number of nitrogens with zero attached hydrogens (tertiary/aromatic N) is 3. The van der Waals surface area contributed by atoms with Crippen LogP contribution in [0.5, 0.6) is 0 Å². The maximum Gasteiger partial charge on any atom is 0.317 e. The van der Waals surface area contributed by atoms with Crippen LogP contribution >= 0.6 is 11.6 Å². The second-order valence-electron chi connectivity index (χ2n) is 6.29. The molecule has 0 spiro atoms. The first-order chi connectivity index (χ1) is 11.9. The second kappa shape index (κ2) is 7.39. The molecular weight excluding hydrogens is 347 g/mol. The number of carbonyl (C=O) groups excluding carboxylic acids is 1. The summed E-state index contributed by atoms with van der Waals surface area (Å²) in [5.74, 6) is 0.995. The summed E-state index contributed by atoms with van der Waals surface area (Å²) >= 11 is 5.80. The van der Waals surface area contributed by atoms with E-state index in [1.54, 1.807) is 17.9 Å². The van der Waals surface area contributed by atoms with Crippen LogP contribution in [-0.2, 0) is 0 Å². The number of carbonyl (C=O) groups is 1. The standard InChI is InChI=1S/C17H20ClFN4O2/c1-10(13-3-4-15(19)14(18)9-13)20-17(24)23-7-5-12(6-8-23)16-21-11(2)22-25-16/h3-4,9-10,12H,5-8H2,1-2H3,(H,20,24). The third-order valence-corrected chi connectivity index (χ3v) is 4.75. The molecule has 1 N–H and O–H groups in total. The van der Waals surface area contributed by atoms with Crippen LogP contribution in [0.3, 0.4) is 0 Å². The number of hydrogen-bond donors (Lipinski definition) is 1. The highest BCUT2D eigenvalue weighted by Gasteiger charge is 2.27. The summed E-state index contributed by atoms with van der Waals surface area (Å²) in [6.45, 7) is 4.87. The number of halogens is 2. The summed E-state index contributed by atoms with van der Waals surface area (Å²) in [6, 6.07) is 4.05. The van der Waals surface area contributed by atoms with Crippen molar-refractivity contribution in [3.8, 4) is 0 Å². The van der Waals surface area contributed by atoms with Gasteiger partial charge < -0.3 is 14.7 Å². The first kappa shape index (κ1) is 17.7. The smallest absolute Gasteiger partial charge is 0.317 e. The van der Waals surface area contributed by atoms with Crippen molar-refractivity contribution in [2.24, 2.45) is 0 Å². The van der Waals surface area contributed by atoms with Gasteiger partial charge in [-0.3, -0.25) is 0 Å². The monoisotopic (exact) mass is 366 g/mol. The molecule has 25 heavy (non-hydrogen) atoms. The van der Waals surface area contributed by atoms with Gasteiger partial charge in [0.2, 0.25) is 5.89 Å². The van der Waals surface area contributed by atoms with Gasteiger partial charge in [-0.05, 0) is 44.4 Å². The fourth-order valence-electron chi connectivity index (χ4n) is 2.95. The Morgan fingerprint density at radius 2 is 2.16 bits per heavy atom. The molecule has 2 amide bonds. The second-order valence-corrected chi connectivity index (χ2v) is 6.69. The number of piperidine rings is 1. The van der Waals surface area contributed by atoms with Crippen molar-refractivity contribution in [3.05, 3.63) is 46.3 Å². The Morgan fingerprint density at radius 1 is 1.44 bits per heavy atom. The molecule has 8 heteroatoms. The molecule has 1 fully saturated rings. The lowest BCUT2D eigenvalue weighted by atomic mass is 9.97. The Labute approximate surface area is 150 Å². The normalized spacial score (nSPS) is 16.7. The van der Waals surface area contributed by atoms with Crippen LogP contribution in [0.15, 0.2) is 22.7 Å². The van der Waals surface area contributed by atoms with Gasteiger partial charge in [0.1, 0.15) is 5.82 Å². The molecule has 0 bridgehead atoms. The molecule has 3 rings (SSSR count). The van der Waals surface area contributed by atoms with Crippen molar-refractivity contribution < 1.29 is 13.7 Å². The Bertz CT molecular complexity index is 759. The highest BCUT2D eigenvalue weighted by Crippen LogP contribution is 2.27. The maximum atomic E-state index is 13.2. The minimum absolute atomic E-state index is 0.0502. The van der Waals surface area contributed by atoms with E-state index in [9.17, 15) is 9.18 Å². The van der Waals surface area contributed by atoms with Crippen LogP contribution in [0.4, 0.5) is 9.18 Å². The van der Waals surface area contributed by atoms with Crippen molar-refractivity contribution in [1.82, 2.24) is 20.4 Å². The average molecular weight is 367 g/mol. The van der Waals surface area contributed by atoms with Gasteiger partial charge in [0, 0.05) is 19.0 Å². The van der Waals surface area contributed by atoms with E-state index >= 15 is 0 Å². The minimum Gasteiger partial charge on any atom is -0.339 e. The van der Waals surface area contributed by atoms with Gasteiger partial charge in [0.05, 0.1) is 11.1 Å². The molecule has 2 heterocycles. The molecule has 6 nitrogen and oxygen atoms in total. The van der Waals surface area contributed by atoms with Crippen molar-refractivity contribution in [2.45, 2.75) is 38.6 Å². The number of benzene rings is 1. The lowest BCUT2D eigenvalue weighted by molar-refractivity contribution is 0.172. The fraction of sp³-hybridized carbons (Fsp3) is 0.471. The van der Waals surface area contributed by atoms with Crippen molar-refractivity contribution in [2.75, 3.05) is 13.1 Å². The summed E-state index contributed by atoms with van der Waals surface area (Å²) in [7, 11) is 0. The zero-order valence-electron chi connectivity index (χ0n) is 14.1. The predicted molar refractivity (Wildman–Crippen MR) is 90.9 cm³/mol. The first-order valence-electron chi connectivity index (χ1n) is 8.24.